The summed E-state index contributed by atoms with van der Waals surface area (Å²) in [5.41, 5.74) is 2.15. The van der Waals surface area contributed by atoms with E-state index < -0.39 is 0 Å². The zero-order valence-corrected chi connectivity index (χ0v) is 8.68. The number of benzene rings is 1. The fourth-order valence-corrected chi connectivity index (χ4v) is 1.70. The summed E-state index contributed by atoms with van der Waals surface area (Å²) < 4.78 is 5.69. The minimum atomic E-state index is 0.755. The first kappa shape index (κ1) is 9.04. The summed E-state index contributed by atoms with van der Waals surface area (Å²) in [5.74, 6) is 1.66. The highest BCUT2D eigenvalue weighted by Crippen LogP contribution is 2.27. The molecular weight excluding hydrogens is 198 g/mol. The van der Waals surface area contributed by atoms with Crippen LogP contribution in [0.25, 0.3) is 11.3 Å². The average Bonchev–Trinajstić information content (AvgIpc) is 2.77. The molecule has 0 saturated carbocycles. The third kappa shape index (κ3) is 1.65. The lowest BCUT2D eigenvalue weighted by Gasteiger charge is -2.06. The van der Waals surface area contributed by atoms with Gasteiger partial charge in [0.15, 0.2) is 5.88 Å². The fourth-order valence-electron chi connectivity index (χ4n) is 1.70. The zero-order valence-electron chi connectivity index (χ0n) is 8.68. The number of para-hydroxylation sites is 1. The van der Waals surface area contributed by atoms with Crippen LogP contribution in [0, 0.1) is 0 Å². The van der Waals surface area contributed by atoms with Crippen molar-refractivity contribution in [3.63, 3.8) is 0 Å². The molecule has 0 amide bonds. The van der Waals surface area contributed by atoms with Crippen LogP contribution < -0.4 is 5.32 Å². The van der Waals surface area contributed by atoms with Crippen LogP contribution >= 0.6 is 0 Å². The molecule has 0 unspecified atom stereocenters. The molecule has 1 aliphatic carbocycles. The summed E-state index contributed by atoms with van der Waals surface area (Å²) in [7, 11) is 0. The lowest BCUT2D eigenvalue weighted by atomic mass is 10.2. The largest absolute Gasteiger partial charge is 0.440 e. The van der Waals surface area contributed by atoms with Gasteiger partial charge in [-0.25, -0.2) is 0 Å². The third-order valence-electron chi connectivity index (χ3n) is 2.48. The van der Waals surface area contributed by atoms with E-state index in [9.17, 15) is 0 Å². The minimum absolute atomic E-state index is 0.755. The molecule has 1 N–H and O–H groups in total. The second-order valence-corrected chi connectivity index (χ2v) is 3.64. The van der Waals surface area contributed by atoms with E-state index in [2.05, 4.69) is 5.32 Å². The normalized spacial score (nSPS) is 10.5. The van der Waals surface area contributed by atoms with Crippen LogP contribution in [0.3, 0.4) is 0 Å². The van der Waals surface area contributed by atoms with E-state index in [1.165, 1.54) is 0 Å². The van der Waals surface area contributed by atoms with Gasteiger partial charge in [0.2, 0.25) is 0 Å². The molecule has 2 heteroatoms. The molecule has 2 nitrogen and oxygen atoms in total. The molecule has 1 aliphatic heterocycles. The number of anilines is 2. The quantitative estimate of drug-likeness (QED) is 0.686. The summed E-state index contributed by atoms with van der Waals surface area (Å²) in [5, 5.41) is 3.22. The van der Waals surface area contributed by atoms with E-state index in [-0.39, 0.29) is 0 Å². The molecule has 1 aromatic carbocycles. The topological polar surface area (TPSA) is 25.2 Å². The van der Waals surface area contributed by atoms with Gasteiger partial charge in [0, 0.05) is 11.3 Å². The maximum Gasteiger partial charge on any atom is 0.197 e. The van der Waals surface area contributed by atoms with Crippen molar-refractivity contribution in [3.05, 3.63) is 60.7 Å². The van der Waals surface area contributed by atoms with Gasteiger partial charge in [0.05, 0.1) is 0 Å². The van der Waals surface area contributed by atoms with E-state index in [0.29, 0.717) is 0 Å². The monoisotopic (exact) mass is 209 g/mol. The van der Waals surface area contributed by atoms with Crippen LogP contribution in [0.4, 0.5) is 11.6 Å². The predicted octanol–water partition coefficient (Wildman–Crippen LogP) is 4.13. The number of fused-ring (bicyclic) bond motifs is 1. The molecule has 16 heavy (non-hydrogen) atoms. The van der Waals surface area contributed by atoms with Crippen molar-refractivity contribution in [2.75, 3.05) is 5.32 Å². The molecule has 78 valence electrons. The second kappa shape index (κ2) is 3.74. The molecule has 0 saturated heterocycles. The fraction of sp³-hybridized carbons (Fsp3) is 0. The van der Waals surface area contributed by atoms with Crippen molar-refractivity contribution in [1.82, 2.24) is 0 Å². The van der Waals surface area contributed by atoms with Gasteiger partial charge >= 0.3 is 0 Å². The maximum absolute atomic E-state index is 5.69. The van der Waals surface area contributed by atoms with E-state index in [4.69, 9.17) is 4.42 Å². The molecule has 0 fully saturated rings. The first-order valence-electron chi connectivity index (χ1n) is 5.22. The molecule has 1 heterocycles. The van der Waals surface area contributed by atoms with Crippen LogP contribution in [0.5, 0.6) is 0 Å². The van der Waals surface area contributed by atoms with Crippen LogP contribution in [-0.4, -0.2) is 0 Å². The van der Waals surface area contributed by atoms with Gasteiger partial charge in [0.1, 0.15) is 5.76 Å². The van der Waals surface area contributed by atoms with Crippen molar-refractivity contribution in [2.45, 2.75) is 0 Å². The van der Waals surface area contributed by atoms with Gasteiger partial charge in [0.25, 0.3) is 0 Å². The van der Waals surface area contributed by atoms with Crippen LogP contribution in [-0.2, 0) is 0 Å². The van der Waals surface area contributed by atoms with E-state index >= 15 is 0 Å². The summed E-state index contributed by atoms with van der Waals surface area (Å²) in [6.07, 6.45) is 0. The van der Waals surface area contributed by atoms with E-state index in [1.807, 2.05) is 60.7 Å². The molecule has 0 aromatic heterocycles. The third-order valence-corrected chi connectivity index (χ3v) is 2.48. The Morgan fingerprint density at radius 2 is 1.62 bits per heavy atom. The van der Waals surface area contributed by atoms with Crippen molar-refractivity contribution in [1.29, 1.82) is 0 Å². The SMILES string of the molecule is c1ccc(Nc2ccc3cccc-3o2)cc1. The molecule has 0 atom stereocenters. The number of hydrogen-bond acceptors (Lipinski definition) is 2. The molecular formula is C14H11NO. The highest BCUT2D eigenvalue weighted by atomic mass is 16.4. The van der Waals surface area contributed by atoms with Gasteiger partial charge < -0.3 is 9.73 Å². The summed E-state index contributed by atoms with van der Waals surface area (Å²) in [6, 6.07) is 19.9. The number of hydrogen-bond donors (Lipinski definition) is 1. The van der Waals surface area contributed by atoms with Gasteiger partial charge in [-0.3, -0.25) is 0 Å². The first-order valence-corrected chi connectivity index (χ1v) is 5.22. The number of rotatable bonds is 2. The number of nitrogens with one attached hydrogen (secondary N) is 1. The van der Waals surface area contributed by atoms with Crippen molar-refractivity contribution in [2.24, 2.45) is 0 Å². The Balaban J connectivity index is 1.93. The molecule has 2 aliphatic rings. The Labute approximate surface area is 93.9 Å². The lowest BCUT2D eigenvalue weighted by molar-refractivity contribution is 0.586. The molecule has 0 bridgehead atoms. The molecule has 0 spiro atoms. The first-order chi connectivity index (χ1) is 7.92. The van der Waals surface area contributed by atoms with Crippen LogP contribution in [0.2, 0.25) is 0 Å². The van der Waals surface area contributed by atoms with Gasteiger partial charge in [-0.1, -0.05) is 30.3 Å². The van der Waals surface area contributed by atoms with Crippen molar-refractivity contribution >= 4 is 11.6 Å². The summed E-state index contributed by atoms with van der Waals surface area (Å²) in [4.78, 5) is 0. The molecule has 1 aromatic rings. The summed E-state index contributed by atoms with van der Waals surface area (Å²) >= 11 is 0. The second-order valence-electron chi connectivity index (χ2n) is 3.64. The van der Waals surface area contributed by atoms with Crippen molar-refractivity contribution < 1.29 is 4.42 Å². The lowest BCUT2D eigenvalue weighted by Crippen LogP contribution is -1.89. The Kier molecular flexibility index (Phi) is 2.11. The minimum Gasteiger partial charge on any atom is -0.440 e. The average molecular weight is 209 g/mol. The van der Waals surface area contributed by atoms with Gasteiger partial charge in [-0.15, -0.1) is 0 Å². The standard InChI is InChI=1S/C14H11NO/c1-2-6-12(7-3-1)15-14-10-9-11-5-4-8-13(11)16-14/h1-10,15H. The maximum atomic E-state index is 5.69. The Bertz CT molecular complexity index is 556. The molecule has 0 radical (unpaired) electrons. The van der Waals surface area contributed by atoms with Gasteiger partial charge in [-0.05, 0) is 30.3 Å². The van der Waals surface area contributed by atoms with Crippen LogP contribution in [0.1, 0.15) is 0 Å². The molecule has 3 rings (SSSR count). The summed E-state index contributed by atoms with van der Waals surface area (Å²) in [6.45, 7) is 0. The van der Waals surface area contributed by atoms with E-state index in [0.717, 1.165) is 22.9 Å². The Morgan fingerprint density at radius 3 is 2.50 bits per heavy atom. The van der Waals surface area contributed by atoms with Crippen molar-refractivity contribution in [3.8, 4) is 11.3 Å². The van der Waals surface area contributed by atoms with Gasteiger partial charge in [-0.2, -0.15) is 0 Å². The van der Waals surface area contributed by atoms with Crippen LogP contribution in [0.15, 0.2) is 65.1 Å². The Hall–Kier alpha value is -2.22. The highest BCUT2D eigenvalue weighted by molar-refractivity contribution is 5.64. The highest BCUT2D eigenvalue weighted by Gasteiger charge is 2.05. The smallest absolute Gasteiger partial charge is 0.197 e. The predicted molar refractivity (Wildman–Crippen MR) is 65.1 cm³/mol. The zero-order chi connectivity index (χ0) is 10.8. The van der Waals surface area contributed by atoms with E-state index in [1.54, 1.807) is 0 Å². The Morgan fingerprint density at radius 1 is 0.750 bits per heavy atom.